The SMILES string of the molecule is CCOC(=O)C1CCN(C(=O)NC(C)c2ccccc2Cl)CC1. The Morgan fingerprint density at radius 1 is 1.35 bits per heavy atom. The lowest BCUT2D eigenvalue weighted by Crippen LogP contribution is -2.46. The molecule has 0 aliphatic carbocycles. The second-order valence-electron chi connectivity index (χ2n) is 5.71. The quantitative estimate of drug-likeness (QED) is 0.856. The summed E-state index contributed by atoms with van der Waals surface area (Å²) in [4.78, 5) is 25.8. The average molecular weight is 339 g/mol. The van der Waals surface area contributed by atoms with E-state index in [1.54, 1.807) is 11.8 Å². The van der Waals surface area contributed by atoms with Gasteiger partial charge in [-0.25, -0.2) is 4.79 Å². The van der Waals surface area contributed by atoms with Crippen molar-refractivity contribution in [2.75, 3.05) is 19.7 Å². The number of carbonyl (C=O) groups excluding carboxylic acids is 2. The molecular weight excluding hydrogens is 316 g/mol. The maximum absolute atomic E-state index is 12.4. The van der Waals surface area contributed by atoms with Crippen LogP contribution in [0, 0.1) is 5.92 Å². The number of benzene rings is 1. The Balaban J connectivity index is 1.86. The summed E-state index contributed by atoms with van der Waals surface area (Å²) in [7, 11) is 0. The molecule has 1 aromatic carbocycles. The predicted octanol–water partition coefficient (Wildman–Crippen LogP) is 3.39. The zero-order valence-corrected chi connectivity index (χ0v) is 14.3. The summed E-state index contributed by atoms with van der Waals surface area (Å²) in [6.07, 6.45) is 1.29. The number of nitrogens with one attached hydrogen (secondary N) is 1. The molecule has 1 aromatic rings. The number of likely N-dealkylation sites (tertiary alicyclic amines) is 1. The lowest BCUT2D eigenvalue weighted by Gasteiger charge is -2.32. The highest BCUT2D eigenvalue weighted by atomic mass is 35.5. The fourth-order valence-electron chi connectivity index (χ4n) is 2.76. The molecule has 6 heteroatoms. The van der Waals surface area contributed by atoms with Crippen molar-refractivity contribution in [3.63, 3.8) is 0 Å². The Kier molecular flexibility index (Phi) is 6.28. The number of hydrogen-bond acceptors (Lipinski definition) is 3. The smallest absolute Gasteiger partial charge is 0.317 e. The van der Waals surface area contributed by atoms with Gasteiger partial charge in [-0.15, -0.1) is 0 Å². The van der Waals surface area contributed by atoms with Gasteiger partial charge in [-0.05, 0) is 38.3 Å². The summed E-state index contributed by atoms with van der Waals surface area (Å²) in [5.74, 6) is -0.253. The zero-order valence-electron chi connectivity index (χ0n) is 13.5. The van der Waals surface area contributed by atoms with Crippen LogP contribution in [0.3, 0.4) is 0 Å². The van der Waals surface area contributed by atoms with Crippen LogP contribution in [0.5, 0.6) is 0 Å². The summed E-state index contributed by atoms with van der Waals surface area (Å²) in [5.41, 5.74) is 0.893. The van der Waals surface area contributed by atoms with E-state index >= 15 is 0 Å². The van der Waals surface area contributed by atoms with Crippen molar-refractivity contribution in [2.24, 2.45) is 5.92 Å². The Morgan fingerprint density at radius 3 is 2.61 bits per heavy atom. The molecule has 1 fully saturated rings. The van der Waals surface area contributed by atoms with E-state index in [4.69, 9.17) is 16.3 Å². The molecule has 0 aromatic heterocycles. The van der Waals surface area contributed by atoms with Gasteiger partial charge in [0.25, 0.3) is 0 Å². The van der Waals surface area contributed by atoms with Gasteiger partial charge in [-0.1, -0.05) is 29.8 Å². The van der Waals surface area contributed by atoms with Gasteiger partial charge in [0.05, 0.1) is 18.6 Å². The largest absolute Gasteiger partial charge is 0.466 e. The van der Waals surface area contributed by atoms with E-state index in [2.05, 4.69) is 5.32 Å². The number of hydrogen-bond donors (Lipinski definition) is 1. The van der Waals surface area contributed by atoms with E-state index in [1.807, 2.05) is 31.2 Å². The minimum absolute atomic E-state index is 0.0972. The van der Waals surface area contributed by atoms with Crippen molar-refractivity contribution in [3.05, 3.63) is 34.9 Å². The molecule has 1 aliphatic rings. The van der Waals surface area contributed by atoms with Crippen molar-refractivity contribution < 1.29 is 14.3 Å². The Morgan fingerprint density at radius 2 is 2.00 bits per heavy atom. The molecule has 1 atom stereocenters. The summed E-state index contributed by atoms with van der Waals surface area (Å²) >= 11 is 6.16. The van der Waals surface area contributed by atoms with Gasteiger partial charge in [0.15, 0.2) is 0 Å². The van der Waals surface area contributed by atoms with E-state index in [1.165, 1.54) is 0 Å². The second kappa shape index (κ2) is 8.20. The standard InChI is InChI=1S/C17H23ClN2O3/c1-3-23-16(21)13-8-10-20(11-9-13)17(22)19-12(2)14-6-4-5-7-15(14)18/h4-7,12-13H,3,8-11H2,1-2H3,(H,19,22). The third-order valence-corrected chi connectivity index (χ3v) is 4.46. The van der Waals surface area contributed by atoms with Crippen LogP contribution < -0.4 is 5.32 Å². The molecule has 2 amide bonds. The van der Waals surface area contributed by atoms with Gasteiger partial charge in [-0.3, -0.25) is 4.79 Å². The third-order valence-electron chi connectivity index (χ3n) is 4.11. The van der Waals surface area contributed by atoms with Crippen LogP contribution >= 0.6 is 11.6 Å². The number of esters is 1. The van der Waals surface area contributed by atoms with Crippen LogP contribution in [0.1, 0.15) is 38.3 Å². The Bertz CT molecular complexity index is 557. The lowest BCUT2D eigenvalue weighted by molar-refractivity contribution is -0.149. The zero-order chi connectivity index (χ0) is 16.8. The van der Waals surface area contributed by atoms with E-state index in [0.717, 1.165) is 5.56 Å². The predicted molar refractivity (Wildman–Crippen MR) is 89.3 cm³/mol. The van der Waals surface area contributed by atoms with E-state index in [9.17, 15) is 9.59 Å². The van der Waals surface area contributed by atoms with Crippen molar-refractivity contribution in [2.45, 2.75) is 32.7 Å². The highest BCUT2D eigenvalue weighted by molar-refractivity contribution is 6.31. The van der Waals surface area contributed by atoms with Gasteiger partial charge < -0.3 is 15.0 Å². The molecule has 1 N–H and O–H groups in total. The number of rotatable bonds is 4. The van der Waals surface area contributed by atoms with E-state index in [0.29, 0.717) is 37.6 Å². The third kappa shape index (κ3) is 4.61. The Hall–Kier alpha value is -1.75. The number of halogens is 1. The highest BCUT2D eigenvalue weighted by Crippen LogP contribution is 2.23. The second-order valence-corrected chi connectivity index (χ2v) is 6.11. The minimum Gasteiger partial charge on any atom is -0.466 e. The first-order valence-corrected chi connectivity index (χ1v) is 8.37. The van der Waals surface area contributed by atoms with Crippen molar-refractivity contribution >= 4 is 23.6 Å². The van der Waals surface area contributed by atoms with Crippen LogP contribution in [-0.2, 0) is 9.53 Å². The first-order chi connectivity index (χ1) is 11.0. The number of ether oxygens (including phenoxy) is 1. The first-order valence-electron chi connectivity index (χ1n) is 7.99. The molecule has 126 valence electrons. The number of piperidine rings is 1. The van der Waals surface area contributed by atoms with Gasteiger partial charge in [0, 0.05) is 18.1 Å². The summed E-state index contributed by atoms with van der Waals surface area (Å²) < 4.78 is 5.04. The van der Waals surface area contributed by atoms with Crippen LogP contribution in [-0.4, -0.2) is 36.6 Å². The molecule has 5 nitrogen and oxygen atoms in total. The molecule has 1 unspecified atom stereocenters. The fraction of sp³-hybridized carbons (Fsp3) is 0.529. The van der Waals surface area contributed by atoms with Crippen LogP contribution in [0.25, 0.3) is 0 Å². The molecule has 1 saturated heterocycles. The maximum atomic E-state index is 12.4. The van der Waals surface area contributed by atoms with Crippen LogP contribution in [0.2, 0.25) is 5.02 Å². The topological polar surface area (TPSA) is 58.6 Å². The summed E-state index contributed by atoms with van der Waals surface area (Å²) in [6, 6.07) is 7.18. The Labute approximate surface area is 141 Å². The molecule has 0 spiro atoms. The molecule has 0 radical (unpaired) electrons. The van der Waals surface area contributed by atoms with E-state index in [-0.39, 0.29) is 24.0 Å². The van der Waals surface area contributed by atoms with Crippen LogP contribution in [0.4, 0.5) is 4.79 Å². The molecule has 23 heavy (non-hydrogen) atoms. The van der Waals surface area contributed by atoms with Crippen molar-refractivity contribution in [1.29, 1.82) is 0 Å². The first kappa shape index (κ1) is 17.6. The van der Waals surface area contributed by atoms with Gasteiger partial charge in [0.1, 0.15) is 0 Å². The lowest BCUT2D eigenvalue weighted by atomic mass is 9.97. The van der Waals surface area contributed by atoms with Crippen molar-refractivity contribution in [3.8, 4) is 0 Å². The number of carbonyl (C=O) groups is 2. The van der Waals surface area contributed by atoms with Gasteiger partial charge >= 0.3 is 12.0 Å². The minimum atomic E-state index is -0.168. The molecule has 0 bridgehead atoms. The number of amides is 2. The average Bonchev–Trinajstić information content (AvgIpc) is 2.55. The highest BCUT2D eigenvalue weighted by Gasteiger charge is 2.28. The summed E-state index contributed by atoms with van der Waals surface area (Å²) in [6.45, 7) is 5.23. The molecule has 0 saturated carbocycles. The molecule has 1 heterocycles. The monoisotopic (exact) mass is 338 g/mol. The fourth-order valence-corrected chi connectivity index (χ4v) is 3.06. The number of nitrogens with zero attached hydrogens (tertiary/aromatic N) is 1. The normalized spacial score (nSPS) is 16.7. The molecule has 2 rings (SSSR count). The van der Waals surface area contributed by atoms with Gasteiger partial charge in [-0.2, -0.15) is 0 Å². The van der Waals surface area contributed by atoms with Crippen LogP contribution in [0.15, 0.2) is 24.3 Å². The van der Waals surface area contributed by atoms with Crippen molar-refractivity contribution in [1.82, 2.24) is 10.2 Å². The van der Waals surface area contributed by atoms with E-state index < -0.39 is 0 Å². The maximum Gasteiger partial charge on any atom is 0.317 e. The molecular formula is C17H23ClN2O3. The molecule has 1 aliphatic heterocycles. The van der Waals surface area contributed by atoms with Gasteiger partial charge in [0.2, 0.25) is 0 Å². The summed E-state index contributed by atoms with van der Waals surface area (Å²) in [5, 5.41) is 3.60. The number of urea groups is 1.